The summed E-state index contributed by atoms with van der Waals surface area (Å²) < 4.78 is 12.5. The molecule has 0 saturated carbocycles. The number of rotatable bonds is 10. The molecule has 0 amide bonds. The van der Waals surface area contributed by atoms with Crippen molar-refractivity contribution in [1.82, 2.24) is 4.90 Å². The number of ether oxygens (including phenoxy) is 2. The summed E-state index contributed by atoms with van der Waals surface area (Å²) in [6.45, 7) is 14.3. The zero-order valence-electron chi connectivity index (χ0n) is 26.8. The van der Waals surface area contributed by atoms with E-state index >= 15 is 0 Å². The Morgan fingerprint density at radius 1 is 0.978 bits per heavy atom. The number of hydrogen-bond donors (Lipinski definition) is 1. The van der Waals surface area contributed by atoms with Crippen molar-refractivity contribution in [3.63, 3.8) is 0 Å². The van der Waals surface area contributed by atoms with Crippen molar-refractivity contribution in [2.45, 2.75) is 79.2 Å². The van der Waals surface area contributed by atoms with Gasteiger partial charge in [-0.15, -0.1) is 6.58 Å². The Morgan fingerprint density at radius 3 is 2.11 bits per heavy atom. The van der Waals surface area contributed by atoms with E-state index in [4.69, 9.17) is 21.1 Å². The minimum atomic E-state index is -1.01. The molecule has 0 fully saturated rings. The number of carbonyl (C=O) groups is 3. The van der Waals surface area contributed by atoms with Gasteiger partial charge in [-0.2, -0.15) is 0 Å². The number of Topliss-reactive ketones (excluding diaryl/α,β-unsaturated/α-hetero) is 2. The van der Waals surface area contributed by atoms with Gasteiger partial charge in [0.15, 0.2) is 23.1 Å². The summed E-state index contributed by atoms with van der Waals surface area (Å²) >= 11 is 6.42. The van der Waals surface area contributed by atoms with Crippen LogP contribution in [0.15, 0.2) is 71.6 Å². The van der Waals surface area contributed by atoms with Gasteiger partial charge in [-0.3, -0.25) is 14.4 Å². The van der Waals surface area contributed by atoms with Crippen LogP contribution in [0.3, 0.4) is 0 Å². The monoisotopic (exact) mass is 631 g/mol. The van der Waals surface area contributed by atoms with Gasteiger partial charge in [-0.05, 0) is 54.7 Å². The van der Waals surface area contributed by atoms with Gasteiger partial charge < -0.3 is 19.5 Å². The Kier molecular flexibility index (Phi) is 9.05. The van der Waals surface area contributed by atoms with Crippen LogP contribution in [0.5, 0.6) is 11.5 Å². The molecule has 0 atom stereocenters. The highest BCUT2D eigenvalue weighted by Gasteiger charge is 2.49. The maximum atomic E-state index is 14.1. The summed E-state index contributed by atoms with van der Waals surface area (Å²) in [5.41, 5.74) is 4.10. The maximum absolute atomic E-state index is 14.1. The van der Waals surface area contributed by atoms with Crippen molar-refractivity contribution in [3.05, 3.63) is 93.3 Å². The summed E-state index contributed by atoms with van der Waals surface area (Å²) in [5.74, 6) is -0.720. The highest BCUT2D eigenvalue weighted by molar-refractivity contribution is 6.31. The highest BCUT2D eigenvalue weighted by Crippen LogP contribution is 2.55. The third kappa shape index (κ3) is 6.60. The quantitative estimate of drug-likeness (QED) is 0.267. The molecule has 0 radical (unpaired) electrons. The van der Waals surface area contributed by atoms with E-state index in [0.717, 1.165) is 16.7 Å². The van der Waals surface area contributed by atoms with Crippen molar-refractivity contribution in [2.24, 2.45) is 10.8 Å². The van der Waals surface area contributed by atoms with Crippen LogP contribution in [0, 0.1) is 10.8 Å². The maximum Gasteiger partial charge on any atom is 0.323 e. The molecule has 0 unspecified atom stereocenters. The zero-order chi connectivity index (χ0) is 32.7. The van der Waals surface area contributed by atoms with E-state index in [9.17, 15) is 19.5 Å². The molecule has 0 bridgehead atoms. The first-order valence-electron chi connectivity index (χ1n) is 15.5. The normalized spacial score (nSPS) is 19.3. The summed E-state index contributed by atoms with van der Waals surface area (Å²) in [6.07, 6.45) is 3.92. The Balaban J connectivity index is 1.73. The molecule has 0 saturated heterocycles. The third-order valence-corrected chi connectivity index (χ3v) is 9.17. The number of carboxylic acids is 1. The van der Waals surface area contributed by atoms with E-state index in [1.54, 1.807) is 11.0 Å². The molecule has 0 spiro atoms. The van der Waals surface area contributed by atoms with E-state index in [-0.39, 0.29) is 35.5 Å². The number of benzene rings is 2. The Bertz CT molecular complexity index is 1580. The average molecular weight is 632 g/mol. The predicted molar refractivity (Wildman–Crippen MR) is 174 cm³/mol. The molecule has 8 heteroatoms. The first-order chi connectivity index (χ1) is 21.2. The van der Waals surface area contributed by atoms with Crippen LogP contribution in [-0.2, 0) is 27.4 Å². The molecule has 1 heterocycles. The van der Waals surface area contributed by atoms with Crippen LogP contribution in [-0.4, -0.2) is 40.7 Å². The second-order valence-electron chi connectivity index (χ2n) is 13.8. The summed E-state index contributed by atoms with van der Waals surface area (Å²) in [4.78, 5) is 42.2. The molecule has 1 aliphatic heterocycles. The van der Waals surface area contributed by atoms with E-state index in [1.165, 1.54) is 0 Å². The topological polar surface area (TPSA) is 93.1 Å². The number of allylic oxidation sites excluding steroid dienone is 5. The molecule has 3 aliphatic rings. The van der Waals surface area contributed by atoms with E-state index < -0.39 is 11.9 Å². The van der Waals surface area contributed by atoms with Gasteiger partial charge in [0.05, 0.1) is 6.61 Å². The van der Waals surface area contributed by atoms with Crippen LogP contribution < -0.4 is 9.47 Å². The van der Waals surface area contributed by atoms with Crippen LogP contribution >= 0.6 is 11.6 Å². The summed E-state index contributed by atoms with van der Waals surface area (Å²) in [5, 5.41) is 10.6. The van der Waals surface area contributed by atoms with Gasteiger partial charge in [-0.25, -0.2) is 0 Å². The van der Waals surface area contributed by atoms with Crippen LogP contribution in [0.2, 0.25) is 5.02 Å². The number of aliphatic carboxylic acids is 1. The largest absolute Gasteiger partial charge is 0.490 e. The molecule has 1 N–H and O–H groups in total. The smallest absolute Gasteiger partial charge is 0.323 e. The van der Waals surface area contributed by atoms with Gasteiger partial charge in [0, 0.05) is 57.4 Å². The molecular formula is C37H42ClNO6. The van der Waals surface area contributed by atoms with Crippen molar-refractivity contribution in [3.8, 4) is 11.5 Å². The Hall–Kier alpha value is -3.84. The molecule has 238 valence electrons. The number of nitrogens with zero attached hydrogens (tertiary/aromatic N) is 1. The standard InChI is InChI=1S/C37H42ClNO6/c1-7-11-22-14-24(15-30(44-8-2)35(22)45-21-23-12-9-10-13-25(23)38)32-33-26(16-36(3,4)18-28(33)40)39(20-31(42)43)27-17-37(5,6)19-29(41)34(27)32/h7,9-10,12-15,32H,1,8,11,16-21H2,2-6H3,(H,42,43). The first-order valence-corrected chi connectivity index (χ1v) is 15.9. The molecule has 45 heavy (non-hydrogen) atoms. The number of carboxylic acid groups (broad SMARTS) is 1. The van der Waals surface area contributed by atoms with Gasteiger partial charge in [0.25, 0.3) is 0 Å². The number of carbonyl (C=O) groups excluding carboxylic acids is 2. The SMILES string of the molecule is C=CCc1cc(C2C3=C(CC(C)(C)CC3=O)N(CC(=O)O)C3=C2C(=O)CC(C)(C)C3)cc(OCC)c1OCc1ccccc1Cl. The van der Waals surface area contributed by atoms with E-state index in [1.807, 2.05) is 71.0 Å². The molecule has 0 aromatic heterocycles. The molecular weight excluding hydrogens is 590 g/mol. The van der Waals surface area contributed by atoms with Crippen molar-refractivity contribution < 1.29 is 29.0 Å². The highest BCUT2D eigenvalue weighted by atomic mass is 35.5. The zero-order valence-corrected chi connectivity index (χ0v) is 27.6. The van der Waals surface area contributed by atoms with Crippen molar-refractivity contribution in [1.29, 1.82) is 0 Å². The van der Waals surface area contributed by atoms with Crippen molar-refractivity contribution in [2.75, 3.05) is 13.2 Å². The van der Waals surface area contributed by atoms with Crippen molar-refractivity contribution >= 4 is 29.1 Å². The molecule has 2 aromatic carbocycles. The summed E-state index contributed by atoms with van der Waals surface area (Å²) in [7, 11) is 0. The lowest BCUT2D eigenvalue weighted by molar-refractivity contribution is -0.138. The minimum Gasteiger partial charge on any atom is -0.490 e. The molecule has 2 aliphatic carbocycles. The minimum absolute atomic E-state index is 0.0619. The molecule has 5 rings (SSSR count). The fourth-order valence-corrected chi connectivity index (χ4v) is 7.25. The second-order valence-corrected chi connectivity index (χ2v) is 14.2. The first kappa shape index (κ1) is 32.6. The fraction of sp³-hybridized carbons (Fsp3) is 0.432. The fourth-order valence-electron chi connectivity index (χ4n) is 7.06. The Labute approximate surface area is 270 Å². The lowest BCUT2D eigenvalue weighted by Crippen LogP contribution is -2.45. The lowest BCUT2D eigenvalue weighted by Gasteiger charge is -2.48. The molecule has 7 nitrogen and oxygen atoms in total. The third-order valence-electron chi connectivity index (χ3n) is 8.80. The van der Waals surface area contributed by atoms with Crippen LogP contribution in [0.4, 0.5) is 0 Å². The number of hydrogen-bond acceptors (Lipinski definition) is 6. The van der Waals surface area contributed by atoms with Crippen LogP contribution in [0.25, 0.3) is 0 Å². The lowest BCUT2D eigenvalue weighted by atomic mass is 9.63. The van der Waals surface area contributed by atoms with E-state index in [2.05, 4.69) is 6.58 Å². The van der Waals surface area contributed by atoms with E-state index in [0.29, 0.717) is 77.8 Å². The molecule has 2 aromatic rings. The van der Waals surface area contributed by atoms with Gasteiger partial charge in [-0.1, -0.05) is 69.6 Å². The van der Waals surface area contributed by atoms with Crippen LogP contribution in [0.1, 0.15) is 82.9 Å². The van der Waals surface area contributed by atoms with Gasteiger partial charge in [0.2, 0.25) is 0 Å². The van der Waals surface area contributed by atoms with Gasteiger partial charge >= 0.3 is 5.97 Å². The van der Waals surface area contributed by atoms with Gasteiger partial charge in [0.1, 0.15) is 13.2 Å². The number of ketones is 2. The Morgan fingerprint density at radius 2 is 1.58 bits per heavy atom. The summed E-state index contributed by atoms with van der Waals surface area (Å²) in [6, 6.07) is 11.4. The average Bonchev–Trinajstić information content (AvgIpc) is 2.93. The number of halogens is 1. The second kappa shape index (κ2) is 12.5. The predicted octanol–water partition coefficient (Wildman–Crippen LogP) is 7.82.